The van der Waals surface area contributed by atoms with Crippen LogP contribution in [0.15, 0.2) is 77.1 Å². The van der Waals surface area contributed by atoms with Gasteiger partial charge in [-0.2, -0.15) is 0 Å². The van der Waals surface area contributed by atoms with Crippen molar-refractivity contribution in [3.63, 3.8) is 0 Å². The van der Waals surface area contributed by atoms with Gasteiger partial charge in [-0.1, -0.05) is 101 Å². The van der Waals surface area contributed by atoms with Crippen molar-refractivity contribution >= 4 is 19.2 Å². The molecular weight excluding hydrogens is 687 g/mol. The summed E-state index contributed by atoms with van der Waals surface area (Å²) in [7, 11) is -2.80. The second-order valence-corrected chi connectivity index (χ2v) is 18.6. The van der Waals surface area contributed by atoms with E-state index < -0.39 is 7.40 Å². The molecule has 3 aromatic rings. The predicted molar refractivity (Wildman–Crippen MR) is 219 cm³/mol. The van der Waals surface area contributed by atoms with Gasteiger partial charge in [0.25, 0.3) is 0 Å². The Kier molecular flexibility index (Phi) is 10.7. The molecule has 8 rings (SSSR count). The van der Waals surface area contributed by atoms with Crippen molar-refractivity contribution in [3.8, 4) is 5.82 Å². The van der Waals surface area contributed by atoms with Crippen molar-refractivity contribution in [2.75, 3.05) is 0 Å². The molecule has 0 N–H and O–H groups in total. The Morgan fingerprint density at radius 3 is 2.55 bits per heavy atom. The number of nitrogens with zero attached hydrogens (tertiary/aromatic N) is 5. The smallest absolute Gasteiger partial charge is 0.371 e. The fraction of sp³-hybridized carbons (Fsp3) is 0.587. The Hall–Kier alpha value is -3.59. The van der Waals surface area contributed by atoms with Gasteiger partial charge in [-0.25, -0.2) is 4.68 Å². The summed E-state index contributed by atoms with van der Waals surface area (Å²) in [6.07, 6.45) is 24.0. The highest BCUT2D eigenvalue weighted by Crippen LogP contribution is 2.67. The third-order valence-electron chi connectivity index (χ3n) is 15.0. The monoisotopic (exact) mass is 747 g/mol. The van der Waals surface area contributed by atoms with E-state index in [0.717, 1.165) is 64.0 Å². The van der Waals surface area contributed by atoms with E-state index in [9.17, 15) is 8.63 Å². The summed E-state index contributed by atoms with van der Waals surface area (Å²) in [5.41, 5.74) is 6.58. The molecule has 3 saturated carbocycles. The highest BCUT2D eigenvalue weighted by molar-refractivity contribution is 6.42. The topological polar surface area (TPSA) is 57.2 Å². The molecule has 292 valence electrons. The van der Waals surface area contributed by atoms with Crippen LogP contribution in [0.4, 0.5) is 8.63 Å². The van der Waals surface area contributed by atoms with Gasteiger partial charge in [-0.05, 0) is 134 Å². The molecule has 1 aromatic carbocycles. The van der Waals surface area contributed by atoms with E-state index in [0.29, 0.717) is 34.7 Å². The molecule has 3 heterocycles. The maximum atomic E-state index is 14.9. The summed E-state index contributed by atoms with van der Waals surface area (Å²) in [6, 6.07) is 11.3. The maximum Gasteiger partial charge on any atom is 0.679 e. The van der Waals surface area contributed by atoms with Gasteiger partial charge in [0.05, 0.1) is 24.6 Å². The number of ether oxygens (including phenoxy) is 1. The predicted octanol–water partition coefficient (Wildman–Crippen LogP) is 11.5. The van der Waals surface area contributed by atoms with Crippen molar-refractivity contribution < 1.29 is 13.4 Å². The minimum atomic E-state index is -2.80. The Morgan fingerprint density at radius 2 is 1.80 bits per heavy atom. The Balaban J connectivity index is 0.932. The molecule has 8 atom stereocenters. The molecule has 0 unspecified atom stereocenters. The summed E-state index contributed by atoms with van der Waals surface area (Å²) in [5.74, 6) is 5.21. The first kappa shape index (κ1) is 38.3. The molecule has 0 amide bonds. The molecule has 0 spiro atoms. The normalized spacial score (nSPS) is 31.3. The third-order valence-corrected chi connectivity index (χ3v) is 15.0. The molecule has 1 aliphatic heterocycles. The van der Waals surface area contributed by atoms with Gasteiger partial charge in [0.1, 0.15) is 11.5 Å². The van der Waals surface area contributed by atoms with Gasteiger partial charge in [0.2, 0.25) is 0 Å². The maximum absolute atomic E-state index is 14.9. The van der Waals surface area contributed by atoms with Crippen molar-refractivity contribution in [3.05, 3.63) is 94.6 Å². The first-order valence-corrected chi connectivity index (χ1v) is 21.2. The highest BCUT2D eigenvalue weighted by Gasteiger charge is 2.59. The molecule has 5 aliphatic rings. The lowest BCUT2D eigenvalue weighted by Gasteiger charge is -2.58. The zero-order valence-corrected chi connectivity index (χ0v) is 33.9. The van der Waals surface area contributed by atoms with E-state index in [-0.39, 0.29) is 17.3 Å². The van der Waals surface area contributed by atoms with Crippen LogP contribution in [0.2, 0.25) is 0 Å². The number of benzene rings is 1. The Labute approximate surface area is 327 Å². The fourth-order valence-electron chi connectivity index (χ4n) is 12.1. The lowest BCUT2D eigenvalue weighted by molar-refractivity contribution is -0.0658. The molecule has 0 saturated heterocycles. The van der Waals surface area contributed by atoms with E-state index in [1.54, 1.807) is 30.1 Å². The first-order valence-electron chi connectivity index (χ1n) is 21.2. The van der Waals surface area contributed by atoms with Crippen molar-refractivity contribution in [2.24, 2.45) is 51.3 Å². The van der Waals surface area contributed by atoms with Crippen LogP contribution in [0.1, 0.15) is 128 Å². The van der Waals surface area contributed by atoms with Crippen LogP contribution in [0.3, 0.4) is 0 Å². The van der Waals surface area contributed by atoms with E-state index >= 15 is 0 Å². The summed E-state index contributed by atoms with van der Waals surface area (Å²) >= 11 is 0. The zero-order chi connectivity index (χ0) is 38.5. The molecule has 6 nitrogen and oxygen atoms in total. The molecule has 0 radical (unpaired) electrons. The number of allylic oxidation sites excluding steroid dienone is 3. The first-order chi connectivity index (χ1) is 26.5. The number of hydrogen-bond donors (Lipinski definition) is 0. The number of aliphatic imine (C=N–C) groups is 1. The van der Waals surface area contributed by atoms with E-state index in [1.807, 2.05) is 43.3 Å². The molecular formula is C46H60BF2N5O. The lowest BCUT2D eigenvalue weighted by atomic mass is 9.47. The van der Waals surface area contributed by atoms with Crippen LogP contribution in [-0.4, -0.2) is 39.2 Å². The van der Waals surface area contributed by atoms with Crippen LogP contribution >= 0.6 is 0 Å². The number of halogens is 2. The second-order valence-electron chi connectivity index (χ2n) is 18.6. The van der Waals surface area contributed by atoms with E-state index in [1.165, 1.54) is 62.5 Å². The van der Waals surface area contributed by atoms with Crippen molar-refractivity contribution in [1.29, 1.82) is 0 Å². The molecule has 0 bridgehead atoms. The SMILES string of the molecule is Cc1ccc(/C(=C2/C=CC=N2)c2ccc(-n3cc(CO[C@H]4CC[C@@]5(C)C(=CC[C@H]6[C@@H]7CC[C@H]([C@H](C)CCCC(C)C)[C@@]7(C)CC[C@@H]65)C4)nn3)n2B(F)F)cc1. The molecule has 3 fully saturated rings. The van der Waals surface area contributed by atoms with Gasteiger partial charge >= 0.3 is 7.40 Å². The summed E-state index contributed by atoms with van der Waals surface area (Å²) < 4.78 is 38.8. The minimum absolute atomic E-state index is 0.123. The van der Waals surface area contributed by atoms with Gasteiger partial charge in [0, 0.05) is 17.5 Å². The van der Waals surface area contributed by atoms with Gasteiger partial charge in [-0.15, -0.1) is 5.10 Å². The average Bonchev–Trinajstić information content (AvgIpc) is 3.98. The van der Waals surface area contributed by atoms with E-state index in [2.05, 4.69) is 56.0 Å². The third kappa shape index (κ3) is 7.17. The largest absolute Gasteiger partial charge is 0.679 e. The number of aromatic nitrogens is 4. The molecule has 4 aliphatic carbocycles. The zero-order valence-electron chi connectivity index (χ0n) is 33.9. The molecule has 2 aromatic heterocycles. The lowest BCUT2D eigenvalue weighted by Crippen LogP contribution is -2.51. The van der Waals surface area contributed by atoms with Crippen LogP contribution in [-0.2, 0) is 11.3 Å². The Morgan fingerprint density at radius 1 is 0.982 bits per heavy atom. The van der Waals surface area contributed by atoms with Crippen LogP contribution in [0.25, 0.3) is 11.4 Å². The number of fused-ring (bicyclic) bond motifs is 5. The molecule has 9 heteroatoms. The van der Waals surface area contributed by atoms with Crippen LogP contribution in [0, 0.1) is 53.3 Å². The van der Waals surface area contributed by atoms with Crippen LogP contribution < -0.4 is 0 Å². The summed E-state index contributed by atoms with van der Waals surface area (Å²) in [4.78, 5) is 4.48. The standard InChI is InChI=1S/C46H60BF2N5O/c1-30(2)9-7-10-32(4)38-18-19-39-37-17-16-34-27-36(22-24-45(34,5)40(37)23-25-46(38,39)6)55-29-35-28-53(52-51-35)43-21-20-42(54(43)47(48)49)44(41-11-8-26-50-41)33-14-12-31(3)13-15-33/h8,11-16,20-21,26,28,30,32,36-40H,7,9-10,17-19,22-25,27,29H2,1-6H3/b44-41+/t32-,36+,37+,38-,39+,40+,45+,46-/m1/s1. The average molecular weight is 748 g/mol. The van der Waals surface area contributed by atoms with Crippen LogP contribution in [0.5, 0.6) is 0 Å². The van der Waals surface area contributed by atoms with Gasteiger partial charge in [-0.3, -0.25) is 13.6 Å². The van der Waals surface area contributed by atoms with Gasteiger partial charge < -0.3 is 9.21 Å². The van der Waals surface area contributed by atoms with Crippen molar-refractivity contribution in [1.82, 2.24) is 19.5 Å². The number of aryl methyl sites for hydroxylation is 1. The van der Waals surface area contributed by atoms with E-state index in [4.69, 9.17) is 4.74 Å². The second kappa shape index (κ2) is 15.4. The number of hydrogen-bond acceptors (Lipinski definition) is 4. The fourth-order valence-corrected chi connectivity index (χ4v) is 12.1. The quantitative estimate of drug-likeness (QED) is 0.137. The van der Waals surface area contributed by atoms with Gasteiger partial charge in [0.15, 0.2) is 0 Å². The summed E-state index contributed by atoms with van der Waals surface area (Å²) in [6.45, 7) is 14.8. The minimum Gasteiger partial charge on any atom is -0.371 e. The highest BCUT2D eigenvalue weighted by atomic mass is 19.2. The summed E-state index contributed by atoms with van der Waals surface area (Å²) in [5, 5.41) is 8.67. The molecule has 55 heavy (non-hydrogen) atoms. The Bertz CT molecular complexity index is 1960. The van der Waals surface area contributed by atoms with Crippen molar-refractivity contribution in [2.45, 2.75) is 125 Å². The number of rotatable bonds is 12.